The Morgan fingerprint density at radius 3 is 2.84 bits per heavy atom. The van der Waals surface area contributed by atoms with Gasteiger partial charge in [-0.05, 0) is 56.0 Å². The second kappa shape index (κ2) is 10.5. The van der Waals surface area contributed by atoms with Crippen molar-refractivity contribution in [2.45, 2.75) is 38.0 Å². The molecule has 3 aliphatic heterocycles. The first-order valence-electron chi connectivity index (χ1n) is 13.3. The highest BCUT2D eigenvalue weighted by Gasteiger charge is 2.38. The molecule has 3 aliphatic rings. The molecule has 2 bridgehead atoms. The first-order valence-corrected chi connectivity index (χ1v) is 13.3. The van der Waals surface area contributed by atoms with Gasteiger partial charge in [0, 0.05) is 55.7 Å². The monoisotopic (exact) mass is 511 g/mol. The molecular weight excluding hydrogens is 478 g/mol. The molecule has 3 aromatic rings. The number of morpholine rings is 1. The van der Waals surface area contributed by atoms with E-state index in [-0.39, 0.29) is 5.75 Å². The van der Waals surface area contributed by atoms with Crippen molar-refractivity contribution in [3.8, 4) is 28.8 Å². The molecule has 196 valence electrons. The molecule has 3 atom stereocenters. The number of benzene rings is 1. The van der Waals surface area contributed by atoms with Crippen LogP contribution in [0.1, 0.15) is 25.5 Å². The van der Waals surface area contributed by atoms with Crippen molar-refractivity contribution in [2.24, 2.45) is 0 Å². The lowest BCUT2D eigenvalue weighted by Crippen LogP contribution is -2.37. The normalized spacial score (nSPS) is 23.2. The molecular formula is C29H33N7O2. The summed E-state index contributed by atoms with van der Waals surface area (Å²) in [5, 5.41) is 18.7. The van der Waals surface area contributed by atoms with E-state index in [2.05, 4.69) is 60.8 Å². The molecule has 3 saturated heterocycles. The Bertz CT molecular complexity index is 1370. The van der Waals surface area contributed by atoms with Crippen molar-refractivity contribution >= 4 is 17.2 Å². The number of nitrogen functional groups attached to an aromatic ring is 1. The van der Waals surface area contributed by atoms with Crippen molar-refractivity contribution in [3.63, 3.8) is 0 Å². The zero-order valence-electron chi connectivity index (χ0n) is 21.6. The lowest BCUT2D eigenvalue weighted by Gasteiger charge is -2.29. The third-order valence-electron chi connectivity index (χ3n) is 7.87. The number of likely N-dealkylation sites (tertiary alicyclic amines) is 1. The van der Waals surface area contributed by atoms with E-state index in [0.717, 1.165) is 69.2 Å². The van der Waals surface area contributed by atoms with Gasteiger partial charge in [0.15, 0.2) is 5.82 Å². The van der Waals surface area contributed by atoms with Crippen LogP contribution in [0.3, 0.4) is 0 Å². The predicted octanol–water partition coefficient (Wildman–Crippen LogP) is 2.76. The second-order valence-electron chi connectivity index (χ2n) is 10.3. The molecule has 9 heteroatoms. The minimum atomic E-state index is 0.173. The third kappa shape index (κ3) is 4.97. The van der Waals surface area contributed by atoms with Gasteiger partial charge in [-0.3, -0.25) is 4.90 Å². The summed E-state index contributed by atoms with van der Waals surface area (Å²) in [4.78, 5) is 11.6. The molecule has 6 rings (SSSR count). The van der Waals surface area contributed by atoms with Gasteiger partial charge < -0.3 is 25.4 Å². The molecule has 0 saturated carbocycles. The van der Waals surface area contributed by atoms with Crippen LogP contribution in [0, 0.1) is 11.8 Å². The Labute approximate surface area is 223 Å². The number of phenols is 1. The average molecular weight is 512 g/mol. The number of ether oxygens (including phenoxy) is 1. The maximum Gasteiger partial charge on any atom is 0.169 e. The summed E-state index contributed by atoms with van der Waals surface area (Å²) in [6.07, 6.45) is 4.33. The molecule has 9 nitrogen and oxygen atoms in total. The van der Waals surface area contributed by atoms with Gasteiger partial charge in [-0.1, -0.05) is 18.1 Å². The topological polar surface area (TPSA) is 104 Å². The van der Waals surface area contributed by atoms with Gasteiger partial charge >= 0.3 is 0 Å². The van der Waals surface area contributed by atoms with Crippen LogP contribution in [0.5, 0.6) is 5.75 Å². The second-order valence-corrected chi connectivity index (χ2v) is 10.3. The lowest BCUT2D eigenvalue weighted by atomic mass is 10.1. The number of hydrogen-bond donors (Lipinski definition) is 2. The number of rotatable bonds is 4. The van der Waals surface area contributed by atoms with Gasteiger partial charge in [-0.15, -0.1) is 10.2 Å². The zero-order valence-corrected chi connectivity index (χ0v) is 21.6. The number of pyridine rings is 1. The Hall–Kier alpha value is -3.87. The molecule has 3 N–H and O–H groups in total. The van der Waals surface area contributed by atoms with Crippen molar-refractivity contribution < 1.29 is 9.84 Å². The van der Waals surface area contributed by atoms with E-state index in [0.29, 0.717) is 35.3 Å². The molecule has 0 aliphatic carbocycles. The van der Waals surface area contributed by atoms with Crippen molar-refractivity contribution in [2.75, 3.05) is 54.9 Å². The molecule has 0 spiro atoms. The lowest BCUT2D eigenvalue weighted by molar-refractivity contribution is 0.0363. The maximum atomic E-state index is 10.3. The average Bonchev–Trinajstić information content (AvgIpc) is 3.50. The zero-order chi connectivity index (χ0) is 26.1. The Morgan fingerprint density at radius 2 is 2.03 bits per heavy atom. The van der Waals surface area contributed by atoms with E-state index in [1.807, 2.05) is 24.4 Å². The van der Waals surface area contributed by atoms with Crippen LogP contribution in [0.25, 0.3) is 11.3 Å². The van der Waals surface area contributed by atoms with Crippen molar-refractivity contribution in [1.82, 2.24) is 20.1 Å². The molecule has 1 aromatic carbocycles. The number of hydrogen-bond acceptors (Lipinski definition) is 9. The molecule has 3 fully saturated rings. The summed E-state index contributed by atoms with van der Waals surface area (Å²) in [5.41, 5.74) is 10.3. The van der Waals surface area contributed by atoms with E-state index in [9.17, 15) is 5.11 Å². The molecule has 2 aromatic heterocycles. The van der Waals surface area contributed by atoms with Crippen LogP contribution in [0.2, 0.25) is 0 Å². The van der Waals surface area contributed by atoms with Crippen LogP contribution in [0.15, 0.2) is 48.7 Å². The summed E-state index contributed by atoms with van der Waals surface area (Å²) in [6.45, 7) is 7.28. The van der Waals surface area contributed by atoms with E-state index in [1.54, 1.807) is 12.1 Å². The number of aromatic hydroxyl groups is 1. The molecule has 0 amide bonds. The highest BCUT2D eigenvalue weighted by Crippen LogP contribution is 2.32. The smallest absolute Gasteiger partial charge is 0.169 e. The van der Waals surface area contributed by atoms with Gasteiger partial charge in [-0.2, -0.15) is 0 Å². The molecule has 38 heavy (non-hydrogen) atoms. The van der Waals surface area contributed by atoms with E-state index in [1.165, 1.54) is 0 Å². The number of phenolic OH excluding ortho intramolecular Hbond substituents is 1. The summed E-state index contributed by atoms with van der Waals surface area (Å²) >= 11 is 0. The first-order chi connectivity index (χ1) is 18.5. The Morgan fingerprint density at radius 1 is 1.13 bits per heavy atom. The van der Waals surface area contributed by atoms with E-state index >= 15 is 0 Å². The van der Waals surface area contributed by atoms with Crippen molar-refractivity contribution in [3.05, 3.63) is 54.4 Å². The van der Waals surface area contributed by atoms with Crippen LogP contribution >= 0.6 is 0 Å². The van der Waals surface area contributed by atoms with Crippen LogP contribution in [-0.2, 0) is 4.74 Å². The fourth-order valence-electron chi connectivity index (χ4n) is 5.72. The molecule has 5 heterocycles. The minimum Gasteiger partial charge on any atom is -0.507 e. The summed E-state index contributed by atoms with van der Waals surface area (Å²) in [7, 11) is 0. The fraction of sp³-hybridized carbons (Fsp3) is 0.414. The SMILES string of the molecule is C[C@@H]1CCN(c2cc(-c3ccccc3O)nnc2N)CCN1c1ccnc(C#CCN2C[C@H]3C[C@@H]2CO3)c1. The van der Waals surface area contributed by atoms with Crippen molar-refractivity contribution in [1.29, 1.82) is 0 Å². The van der Waals surface area contributed by atoms with Gasteiger partial charge in [0.1, 0.15) is 11.4 Å². The number of aromatic nitrogens is 3. The van der Waals surface area contributed by atoms with Crippen LogP contribution < -0.4 is 15.5 Å². The van der Waals surface area contributed by atoms with E-state index in [4.69, 9.17) is 10.5 Å². The third-order valence-corrected chi connectivity index (χ3v) is 7.87. The largest absolute Gasteiger partial charge is 0.507 e. The fourth-order valence-corrected chi connectivity index (χ4v) is 5.72. The number of nitrogens with zero attached hydrogens (tertiary/aromatic N) is 6. The molecule has 0 radical (unpaired) electrons. The molecule has 0 unspecified atom stereocenters. The highest BCUT2D eigenvalue weighted by atomic mass is 16.5. The highest BCUT2D eigenvalue weighted by molar-refractivity contribution is 5.74. The first kappa shape index (κ1) is 24.5. The van der Waals surface area contributed by atoms with Gasteiger partial charge in [-0.25, -0.2) is 4.98 Å². The minimum absolute atomic E-state index is 0.173. The Kier molecular flexibility index (Phi) is 6.75. The van der Waals surface area contributed by atoms with E-state index < -0.39 is 0 Å². The Balaban J connectivity index is 1.16. The maximum absolute atomic E-state index is 10.3. The quantitative estimate of drug-likeness (QED) is 0.512. The summed E-state index contributed by atoms with van der Waals surface area (Å²) < 4.78 is 5.69. The van der Waals surface area contributed by atoms with Crippen LogP contribution in [0.4, 0.5) is 17.2 Å². The predicted molar refractivity (Wildman–Crippen MR) is 148 cm³/mol. The number of fused-ring (bicyclic) bond motifs is 2. The number of anilines is 3. The van der Waals surface area contributed by atoms with Gasteiger partial charge in [0.25, 0.3) is 0 Å². The number of nitrogens with two attached hydrogens (primary N) is 1. The van der Waals surface area contributed by atoms with Crippen LogP contribution in [-0.4, -0.2) is 82.7 Å². The summed E-state index contributed by atoms with van der Waals surface area (Å²) in [5.74, 6) is 7.17. The standard InChI is InChI=1S/C29H33N7O2/c1-20-9-12-34(27-17-26(32-33-29(27)30)25-6-2-3-7-28(25)37)13-14-36(20)22-8-10-31-21(15-22)5-4-11-35-18-24-16-23(35)19-38-24/h2-3,6-8,10,15,17,20,23-24,37H,9,11-14,16,18-19H2,1H3,(H2,30,33)/t20-,23-,24-/m1/s1. The number of para-hydroxylation sites is 1. The van der Waals surface area contributed by atoms with Gasteiger partial charge in [0.2, 0.25) is 0 Å². The summed E-state index contributed by atoms with van der Waals surface area (Å²) in [6, 6.07) is 14.1. The van der Waals surface area contributed by atoms with Gasteiger partial charge in [0.05, 0.1) is 30.6 Å².